The SMILES string of the molecule is CCCCC/C=C\CCCCCCCCCC(=O)O[C@H](COC(=O)CCCCCCCCCCCC)COP(=O)(O)OC[C@@H](O)CO. The number of rotatable bonds is 35. The van der Waals surface area contributed by atoms with Gasteiger partial charge in [0.25, 0.3) is 0 Å². The predicted octanol–water partition coefficient (Wildman–Crippen LogP) is 8.89. The number of carbonyl (C=O) groups is 2. The van der Waals surface area contributed by atoms with Crippen molar-refractivity contribution in [3.05, 3.63) is 12.2 Å². The molecule has 0 spiro atoms. The Morgan fingerprint density at radius 1 is 0.617 bits per heavy atom. The van der Waals surface area contributed by atoms with Crippen molar-refractivity contribution >= 4 is 19.8 Å². The minimum absolute atomic E-state index is 0.182. The maximum Gasteiger partial charge on any atom is 0.472 e. The molecule has 47 heavy (non-hydrogen) atoms. The lowest BCUT2D eigenvalue weighted by molar-refractivity contribution is -0.161. The summed E-state index contributed by atoms with van der Waals surface area (Å²) in [6.45, 7) is 2.33. The summed E-state index contributed by atoms with van der Waals surface area (Å²) in [6.07, 6.45) is 27.5. The number of aliphatic hydroxyl groups is 2. The van der Waals surface area contributed by atoms with E-state index in [1.165, 1.54) is 83.5 Å². The van der Waals surface area contributed by atoms with Gasteiger partial charge in [-0.1, -0.05) is 129 Å². The fourth-order valence-corrected chi connectivity index (χ4v) is 5.78. The molecular formula is C36H69O10P. The van der Waals surface area contributed by atoms with Crippen LogP contribution in [0.5, 0.6) is 0 Å². The van der Waals surface area contributed by atoms with Crippen LogP contribution in [0.4, 0.5) is 0 Å². The lowest BCUT2D eigenvalue weighted by Crippen LogP contribution is -2.29. The zero-order valence-electron chi connectivity index (χ0n) is 29.8. The molecule has 0 aromatic heterocycles. The maximum atomic E-state index is 12.5. The average Bonchev–Trinajstić information content (AvgIpc) is 3.05. The minimum atomic E-state index is -4.60. The first kappa shape index (κ1) is 45.7. The first-order valence-electron chi connectivity index (χ1n) is 18.6. The Hall–Kier alpha value is -1.29. The molecule has 0 heterocycles. The van der Waals surface area contributed by atoms with E-state index < -0.39 is 51.8 Å². The molecule has 0 aliphatic carbocycles. The highest BCUT2D eigenvalue weighted by molar-refractivity contribution is 7.47. The zero-order valence-corrected chi connectivity index (χ0v) is 30.6. The van der Waals surface area contributed by atoms with Crippen molar-refractivity contribution in [2.75, 3.05) is 26.4 Å². The highest BCUT2D eigenvalue weighted by Crippen LogP contribution is 2.43. The van der Waals surface area contributed by atoms with Gasteiger partial charge in [0.05, 0.1) is 19.8 Å². The molecule has 0 bridgehead atoms. The average molecular weight is 693 g/mol. The second-order valence-electron chi connectivity index (χ2n) is 12.6. The summed E-state index contributed by atoms with van der Waals surface area (Å²) in [7, 11) is -4.60. The van der Waals surface area contributed by atoms with Gasteiger partial charge in [0.15, 0.2) is 6.10 Å². The zero-order chi connectivity index (χ0) is 34.9. The first-order chi connectivity index (χ1) is 22.7. The molecule has 0 rings (SSSR count). The van der Waals surface area contributed by atoms with Crippen LogP contribution in [0.1, 0.15) is 168 Å². The third-order valence-corrected chi connectivity index (χ3v) is 8.87. The number of allylic oxidation sites excluding steroid dienone is 2. The van der Waals surface area contributed by atoms with Crippen molar-refractivity contribution in [1.29, 1.82) is 0 Å². The van der Waals surface area contributed by atoms with Crippen LogP contribution in [0.25, 0.3) is 0 Å². The van der Waals surface area contributed by atoms with Gasteiger partial charge in [-0.15, -0.1) is 0 Å². The van der Waals surface area contributed by atoms with Crippen molar-refractivity contribution in [2.45, 2.75) is 180 Å². The van der Waals surface area contributed by atoms with E-state index in [-0.39, 0.29) is 19.4 Å². The summed E-state index contributed by atoms with van der Waals surface area (Å²) < 4.78 is 32.5. The summed E-state index contributed by atoms with van der Waals surface area (Å²) >= 11 is 0. The Kier molecular flexibility index (Phi) is 32.3. The van der Waals surface area contributed by atoms with Gasteiger partial charge in [-0.2, -0.15) is 0 Å². The molecule has 3 N–H and O–H groups in total. The van der Waals surface area contributed by atoms with E-state index in [0.717, 1.165) is 44.9 Å². The van der Waals surface area contributed by atoms with E-state index in [9.17, 15) is 24.2 Å². The van der Waals surface area contributed by atoms with Crippen LogP contribution in [-0.2, 0) is 32.7 Å². The molecule has 3 atom stereocenters. The van der Waals surface area contributed by atoms with Gasteiger partial charge in [-0.05, 0) is 38.5 Å². The van der Waals surface area contributed by atoms with Crippen molar-refractivity contribution in [2.24, 2.45) is 0 Å². The quantitative estimate of drug-likeness (QED) is 0.0254. The van der Waals surface area contributed by atoms with Crippen LogP contribution in [0.3, 0.4) is 0 Å². The van der Waals surface area contributed by atoms with Crippen molar-refractivity contribution in [3.8, 4) is 0 Å². The number of unbranched alkanes of at least 4 members (excludes halogenated alkanes) is 19. The molecule has 0 aromatic rings. The molecule has 0 aromatic carbocycles. The van der Waals surface area contributed by atoms with Gasteiger partial charge in [-0.25, -0.2) is 4.57 Å². The number of hydrogen-bond donors (Lipinski definition) is 3. The molecule has 0 saturated heterocycles. The van der Waals surface area contributed by atoms with Gasteiger partial charge >= 0.3 is 19.8 Å². The van der Waals surface area contributed by atoms with Crippen LogP contribution < -0.4 is 0 Å². The third-order valence-electron chi connectivity index (χ3n) is 7.92. The largest absolute Gasteiger partial charge is 0.472 e. The number of ether oxygens (including phenoxy) is 2. The van der Waals surface area contributed by atoms with Crippen LogP contribution in [0.15, 0.2) is 12.2 Å². The van der Waals surface area contributed by atoms with E-state index in [1.807, 2.05) is 0 Å². The summed E-state index contributed by atoms with van der Waals surface area (Å²) in [5, 5.41) is 18.2. The lowest BCUT2D eigenvalue weighted by Gasteiger charge is -2.20. The first-order valence-corrected chi connectivity index (χ1v) is 20.1. The molecule has 0 radical (unpaired) electrons. The third kappa shape index (κ3) is 33.0. The predicted molar refractivity (Wildman–Crippen MR) is 187 cm³/mol. The van der Waals surface area contributed by atoms with Gasteiger partial charge in [0, 0.05) is 12.8 Å². The summed E-state index contributed by atoms with van der Waals surface area (Å²) in [4.78, 5) is 34.7. The smallest absolute Gasteiger partial charge is 0.462 e. The number of carbonyl (C=O) groups excluding carboxylic acids is 2. The lowest BCUT2D eigenvalue weighted by atomic mass is 10.1. The molecule has 0 aliphatic heterocycles. The Labute approximate surface area is 286 Å². The van der Waals surface area contributed by atoms with Crippen LogP contribution in [-0.4, -0.2) is 65.7 Å². The van der Waals surface area contributed by atoms with Crippen LogP contribution in [0.2, 0.25) is 0 Å². The second kappa shape index (κ2) is 33.2. The molecule has 0 aliphatic rings. The van der Waals surface area contributed by atoms with Gasteiger partial charge < -0.3 is 24.6 Å². The fraction of sp³-hybridized carbons (Fsp3) is 0.889. The van der Waals surface area contributed by atoms with E-state index in [4.69, 9.17) is 19.1 Å². The Balaban J connectivity index is 4.37. The monoisotopic (exact) mass is 692 g/mol. The van der Waals surface area contributed by atoms with Crippen molar-refractivity contribution in [3.63, 3.8) is 0 Å². The number of phosphoric acid groups is 1. The molecular weight excluding hydrogens is 623 g/mol. The second-order valence-corrected chi connectivity index (χ2v) is 14.1. The van der Waals surface area contributed by atoms with E-state index in [0.29, 0.717) is 12.8 Å². The molecule has 11 heteroatoms. The van der Waals surface area contributed by atoms with E-state index in [1.54, 1.807) is 0 Å². The molecule has 10 nitrogen and oxygen atoms in total. The summed E-state index contributed by atoms with van der Waals surface area (Å²) in [5.41, 5.74) is 0. The fourth-order valence-electron chi connectivity index (χ4n) is 4.99. The van der Waals surface area contributed by atoms with Crippen molar-refractivity contribution in [1.82, 2.24) is 0 Å². The number of hydrogen-bond acceptors (Lipinski definition) is 9. The molecule has 0 saturated carbocycles. The van der Waals surface area contributed by atoms with Crippen molar-refractivity contribution < 1.29 is 47.8 Å². The van der Waals surface area contributed by atoms with Crippen LogP contribution >= 0.6 is 7.82 Å². The molecule has 278 valence electrons. The van der Waals surface area contributed by atoms with Gasteiger partial charge in [-0.3, -0.25) is 18.6 Å². The maximum absolute atomic E-state index is 12.5. The van der Waals surface area contributed by atoms with E-state index >= 15 is 0 Å². The molecule has 0 fully saturated rings. The van der Waals surface area contributed by atoms with Crippen LogP contribution in [0, 0.1) is 0 Å². The number of esters is 2. The Morgan fingerprint density at radius 3 is 1.57 bits per heavy atom. The highest BCUT2D eigenvalue weighted by Gasteiger charge is 2.27. The topological polar surface area (TPSA) is 149 Å². The number of phosphoric ester groups is 1. The Bertz CT molecular complexity index is 807. The summed E-state index contributed by atoms with van der Waals surface area (Å²) in [5.74, 6) is -0.928. The molecule has 0 amide bonds. The standard InChI is InChI=1S/C36H69O10P/c1-3-5-7-9-11-13-15-16-17-18-20-22-24-26-28-36(40)46-34(32-45-47(41,42)44-30-33(38)29-37)31-43-35(39)27-25-23-21-19-14-12-10-8-6-4-2/h11,13,33-34,37-38H,3-10,12,14-32H2,1-2H3,(H,41,42)/b13-11-/t33-,34+/m0/s1. The minimum Gasteiger partial charge on any atom is -0.462 e. The normalized spacial score (nSPS) is 14.2. The van der Waals surface area contributed by atoms with Gasteiger partial charge in [0.1, 0.15) is 12.7 Å². The van der Waals surface area contributed by atoms with Gasteiger partial charge in [0.2, 0.25) is 0 Å². The molecule has 1 unspecified atom stereocenters. The highest BCUT2D eigenvalue weighted by atomic mass is 31.2. The Morgan fingerprint density at radius 2 is 1.04 bits per heavy atom. The number of aliphatic hydroxyl groups excluding tert-OH is 2. The summed E-state index contributed by atoms with van der Waals surface area (Å²) in [6, 6.07) is 0. The van der Waals surface area contributed by atoms with E-state index in [2.05, 4.69) is 30.5 Å².